The molecular formula is C30H34O4. The smallest absolute Gasteiger partial charge is 0.336 e. The zero-order chi connectivity index (χ0) is 25.0. The summed E-state index contributed by atoms with van der Waals surface area (Å²) in [6.45, 7) is 10.7. The molecule has 2 N–H and O–H groups in total. The van der Waals surface area contributed by atoms with E-state index in [0.717, 1.165) is 47.9 Å². The maximum Gasteiger partial charge on any atom is 0.336 e. The van der Waals surface area contributed by atoms with Crippen molar-refractivity contribution in [2.45, 2.75) is 65.7 Å². The first-order valence-corrected chi connectivity index (χ1v) is 12.0. The van der Waals surface area contributed by atoms with Crippen LogP contribution in [0, 0.1) is 0 Å². The van der Waals surface area contributed by atoms with Gasteiger partial charge in [-0.2, -0.15) is 0 Å². The zero-order valence-electron chi connectivity index (χ0n) is 20.7. The van der Waals surface area contributed by atoms with E-state index in [0.29, 0.717) is 11.1 Å². The van der Waals surface area contributed by atoms with Gasteiger partial charge in [-0.25, -0.2) is 9.59 Å². The van der Waals surface area contributed by atoms with E-state index in [9.17, 15) is 19.8 Å². The van der Waals surface area contributed by atoms with Gasteiger partial charge in [0.1, 0.15) is 0 Å². The molecule has 4 nitrogen and oxygen atoms in total. The zero-order valence-corrected chi connectivity index (χ0v) is 20.7. The number of aryl methyl sites for hydroxylation is 1. The van der Waals surface area contributed by atoms with E-state index in [1.54, 1.807) is 24.3 Å². The van der Waals surface area contributed by atoms with Crippen molar-refractivity contribution in [3.63, 3.8) is 0 Å². The van der Waals surface area contributed by atoms with Gasteiger partial charge in [0.2, 0.25) is 0 Å². The molecule has 0 radical (unpaired) electrons. The number of hydrogen-bond acceptors (Lipinski definition) is 2. The first kappa shape index (κ1) is 25.2. The predicted octanol–water partition coefficient (Wildman–Crippen LogP) is 7.62. The summed E-state index contributed by atoms with van der Waals surface area (Å²) in [7, 11) is 0. The third-order valence-electron chi connectivity index (χ3n) is 6.20. The maximum atomic E-state index is 12.3. The van der Waals surface area contributed by atoms with E-state index in [1.807, 2.05) is 24.3 Å². The Morgan fingerprint density at radius 1 is 0.735 bits per heavy atom. The molecule has 0 spiro atoms. The van der Waals surface area contributed by atoms with Crippen LogP contribution in [-0.2, 0) is 18.3 Å². The maximum absolute atomic E-state index is 12.3. The largest absolute Gasteiger partial charge is 0.478 e. The summed E-state index contributed by atoms with van der Waals surface area (Å²) in [4.78, 5) is 24.5. The molecule has 3 aromatic carbocycles. The molecule has 0 atom stereocenters. The second kappa shape index (κ2) is 10.3. The van der Waals surface area contributed by atoms with Gasteiger partial charge in [0.05, 0.1) is 11.1 Å². The van der Waals surface area contributed by atoms with Gasteiger partial charge >= 0.3 is 11.9 Å². The van der Waals surface area contributed by atoms with Crippen LogP contribution in [-0.4, -0.2) is 22.2 Å². The minimum Gasteiger partial charge on any atom is -0.478 e. The summed E-state index contributed by atoms with van der Waals surface area (Å²) < 4.78 is 0. The van der Waals surface area contributed by atoms with Crippen LogP contribution in [0.3, 0.4) is 0 Å². The molecule has 0 aliphatic heterocycles. The van der Waals surface area contributed by atoms with Crippen LogP contribution in [0.5, 0.6) is 0 Å². The van der Waals surface area contributed by atoms with E-state index in [1.165, 1.54) is 5.56 Å². The number of carbonyl (C=O) groups is 2. The number of hydrogen-bond donors (Lipinski definition) is 2. The molecule has 0 saturated heterocycles. The summed E-state index contributed by atoms with van der Waals surface area (Å²) in [6.07, 6.45) is 3.31. The summed E-state index contributed by atoms with van der Waals surface area (Å²) in [5, 5.41) is 20.1. The number of carboxylic acid groups (broad SMARTS) is 2. The molecule has 0 aliphatic rings. The highest BCUT2D eigenvalue weighted by Gasteiger charge is 2.29. The summed E-state index contributed by atoms with van der Waals surface area (Å²) in [5.74, 6) is -1.99. The van der Waals surface area contributed by atoms with E-state index in [-0.39, 0.29) is 16.5 Å². The molecule has 0 bridgehead atoms. The monoisotopic (exact) mass is 458 g/mol. The van der Waals surface area contributed by atoms with Gasteiger partial charge in [-0.3, -0.25) is 0 Å². The van der Waals surface area contributed by atoms with Gasteiger partial charge in [0.25, 0.3) is 0 Å². The molecule has 34 heavy (non-hydrogen) atoms. The highest BCUT2D eigenvalue weighted by atomic mass is 16.4. The Bertz CT molecular complexity index is 1210. The number of rotatable bonds is 8. The van der Waals surface area contributed by atoms with Gasteiger partial charge in [-0.15, -0.1) is 0 Å². The molecule has 0 aliphatic carbocycles. The molecule has 4 heteroatoms. The van der Waals surface area contributed by atoms with E-state index in [4.69, 9.17) is 0 Å². The predicted molar refractivity (Wildman–Crippen MR) is 138 cm³/mol. The fourth-order valence-electron chi connectivity index (χ4n) is 4.81. The number of benzene rings is 3. The van der Waals surface area contributed by atoms with Crippen molar-refractivity contribution in [3.05, 3.63) is 82.4 Å². The van der Waals surface area contributed by atoms with Gasteiger partial charge in [-0.05, 0) is 69.3 Å². The summed E-state index contributed by atoms with van der Waals surface area (Å²) in [5.41, 5.74) is 6.57. The highest BCUT2D eigenvalue weighted by molar-refractivity contribution is 6.04. The van der Waals surface area contributed by atoms with Crippen molar-refractivity contribution in [1.82, 2.24) is 0 Å². The average molecular weight is 459 g/mol. The molecule has 0 aromatic heterocycles. The van der Waals surface area contributed by atoms with Crippen LogP contribution >= 0.6 is 0 Å². The normalized spacial score (nSPS) is 11.4. The third-order valence-corrected chi connectivity index (χ3v) is 6.20. The number of aromatic carboxylic acids is 2. The molecule has 0 heterocycles. The summed E-state index contributed by atoms with van der Waals surface area (Å²) >= 11 is 0. The minimum absolute atomic E-state index is 0.162. The van der Waals surface area contributed by atoms with Gasteiger partial charge in [-0.1, -0.05) is 89.9 Å². The molecule has 0 fully saturated rings. The van der Waals surface area contributed by atoms with E-state index < -0.39 is 11.9 Å². The third kappa shape index (κ3) is 4.91. The van der Waals surface area contributed by atoms with Crippen LogP contribution in [0.15, 0.2) is 54.6 Å². The Morgan fingerprint density at radius 3 is 1.65 bits per heavy atom. The van der Waals surface area contributed by atoms with Crippen molar-refractivity contribution in [1.29, 1.82) is 0 Å². The van der Waals surface area contributed by atoms with Crippen LogP contribution in [0.1, 0.15) is 84.9 Å². The second-order valence-corrected chi connectivity index (χ2v) is 9.76. The van der Waals surface area contributed by atoms with Crippen molar-refractivity contribution < 1.29 is 19.8 Å². The van der Waals surface area contributed by atoms with Crippen molar-refractivity contribution in [3.8, 4) is 22.3 Å². The van der Waals surface area contributed by atoms with Gasteiger partial charge < -0.3 is 10.2 Å². The van der Waals surface area contributed by atoms with Crippen LogP contribution < -0.4 is 0 Å². The van der Waals surface area contributed by atoms with Crippen molar-refractivity contribution >= 4 is 11.9 Å². The Labute approximate surface area is 202 Å². The van der Waals surface area contributed by atoms with Gasteiger partial charge in [0, 0.05) is 0 Å². The minimum atomic E-state index is -0.993. The van der Waals surface area contributed by atoms with Gasteiger partial charge in [0.15, 0.2) is 0 Å². The topological polar surface area (TPSA) is 74.6 Å². The molecule has 3 aromatic rings. The lowest BCUT2D eigenvalue weighted by Gasteiger charge is -2.30. The van der Waals surface area contributed by atoms with Crippen LogP contribution in [0.25, 0.3) is 22.3 Å². The molecule has 3 rings (SSSR count). The molecule has 0 amide bonds. The lowest BCUT2D eigenvalue weighted by molar-refractivity contribution is 0.0686. The molecule has 0 unspecified atom stereocenters. The van der Waals surface area contributed by atoms with E-state index in [2.05, 4.69) is 40.7 Å². The average Bonchev–Trinajstić information content (AvgIpc) is 2.79. The number of carboxylic acids is 2. The van der Waals surface area contributed by atoms with Crippen molar-refractivity contribution in [2.24, 2.45) is 0 Å². The Balaban J connectivity index is 2.64. The standard InChI is InChI=1S/C30H34O4/c1-6-12-19-18-25(30(3,4)5)24(13-7-2)27(21-15-9-11-17-23(21)29(33)34)26(19)20-14-8-10-16-22(20)28(31)32/h8-11,14-18H,6-7,12-13H2,1-5H3,(H,31,32)(H,33,34). The molecular weight excluding hydrogens is 424 g/mol. The first-order valence-electron chi connectivity index (χ1n) is 12.0. The van der Waals surface area contributed by atoms with Crippen LogP contribution in [0.2, 0.25) is 0 Å². The van der Waals surface area contributed by atoms with Crippen molar-refractivity contribution in [2.75, 3.05) is 0 Å². The lowest BCUT2D eigenvalue weighted by Crippen LogP contribution is -2.18. The second-order valence-electron chi connectivity index (χ2n) is 9.76. The highest BCUT2D eigenvalue weighted by Crippen LogP contribution is 2.45. The Morgan fingerprint density at radius 2 is 1.21 bits per heavy atom. The summed E-state index contributed by atoms with van der Waals surface area (Å²) in [6, 6.07) is 16.3. The molecule has 178 valence electrons. The molecule has 0 saturated carbocycles. The fraction of sp³-hybridized carbons (Fsp3) is 0.333. The first-order chi connectivity index (χ1) is 16.1. The fourth-order valence-corrected chi connectivity index (χ4v) is 4.81. The SMILES string of the molecule is CCCc1cc(C(C)(C)C)c(CCC)c(-c2ccccc2C(=O)O)c1-c1ccccc1C(=O)O. The van der Waals surface area contributed by atoms with E-state index >= 15 is 0 Å². The lowest BCUT2D eigenvalue weighted by atomic mass is 9.74. The quantitative estimate of drug-likeness (QED) is 0.364. The Hall–Kier alpha value is -3.40. The Kier molecular flexibility index (Phi) is 7.61. The van der Waals surface area contributed by atoms with Crippen LogP contribution in [0.4, 0.5) is 0 Å².